The van der Waals surface area contributed by atoms with E-state index in [2.05, 4.69) is 18.7 Å². The van der Waals surface area contributed by atoms with Crippen LogP contribution < -0.4 is 5.73 Å². The number of hydrogen-bond acceptors (Lipinski definition) is 2. The molecule has 2 aliphatic carbocycles. The second-order valence-electron chi connectivity index (χ2n) is 6.91. The molecule has 0 aromatic rings. The van der Waals surface area contributed by atoms with Crippen molar-refractivity contribution in [1.29, 1.82) is 0 Å². The van der Waals surface area contributed by atoms with Crippen molar-refractivity contribution < 1.29 is 4.79 Å². The van der Waals surface area contributed by atoms with E-state index in [0.29, 0.717) is 18.0 Å². The average Bonchev–Trinajstić information content (AvgIpc) is 2.95. The highest BCUT2D eigenvalue weighted by molar-refractivity contribution is 5.83. The molecule has 0 unspecified atom stereocenters. The molecule has 2 saturated carbocycles. The lowest BCUT2D eigenvalue weighted by molar-refractivity contribution is -0.145. The molecule has 20 heavy (non-hydrogen) atoms. The van der Waals surface area contributed by atoms with Crippen LogP contribution >= 0.6 is 0 Å². The predicted molar refractivity (Wildman–Crippen MR) is 83.4 cm³/mol. The Labute approximate surface area is 124 Å². The molecular weight excluding hydrogens is 248 g/mol. The molecule has 2 fully saturated rings. The summed E-state index contributed by atoms with van der Waals surface area (Å²) in [6.45, 7) is 5.31. The fourth-order valence-corrected chi connectivity index (χ4v) is 4.18. The molecule has 0 aromatic heterocycles. The van der Waals surface area contributed by atoms with Crippen LogP contribution in [-0.2, 0) is 4.79 Å². The van der Waals surface area contributed by atoms with Gasteiger partial charge in [-0.25, -0.2) is 0 Å². The molecule has 0 spiro atoms. The number of carbonyl (C=O) groups excluding carboxylic acids is 1. The Morgan fingerprint density at radius 3 is 2.25 bits per heavy atom. The molecule has 0 aromatic carbocycles. The maximum atomic E-state index is 13.2. The van der Waals surface area contributed by atoms with Gasteiger partial charge in [0.05, 0.1) is 0 Å². The summed E-state index contributed by atoms with van der Waals surface area (Å²) >= 11 is 0. The summed E-state index contributed by atoms with van der Waals surface area (Å²) in [4.78, 5) is 15.4. The molecule has 2 rings (SSSR count). The fourth-order valence-electron chi connectivity index (χ4n) is 4.18. The molecule has 2 N–H and O–H groups in total. The molecule has 0 radical (unpaired) electrons. The zero-order valence-corrected chi connectivity index (χ0v) is 13.4. The second-order valence-corrected chi connectivity index (χ2v) is 6.91. The minimum atomic E-state index is -0.0330. The van der Waals surface area contributed by atoms with E-state index in [-0.39, 0.29) is 5.41 Å². The number of amides is 1. The summed E-state index contributed by atoms with van der Waals surface area (Å²) < 4.78 is 0. The van der Waals surface area contributed by atoms with E-state index in [4.69, 9.17) is 5.73 Å². The largest absolute Gasteiger partial charge is 0.339 e. The summed E-state index contributed by atoms with van der Waals surface area (Å²) in [5.74, 6) is 0.458. The van der Waals surface area contributed by atoms with Gasteiger partial charge in [-0.1, -0.05) is 26.7 Å². The average molecular weight is 280 g/mol. The minimum Gasteiger partial charge on any atom is -0.339 e. The van der Waals surface area contributed by atoms with E-state index in [1.807, 2.05) is 0 Å². The maximum absolute atomic E-state index is 13.2. The van der Waals surface area contributed by atoms with Crippen molar-refractivity contribution >= 4 is 5.91 Å². The van der Waals surface area contributed by atoms with Crippen molar-refractivity contribution in [3.05, 3.63) is 0 Å². The van der Waals surface area contributed by atoms with Crippen LogP contribution in [0.1, 0.15) is 78.1 Å². The number of hydrogen-bond donors (Lipinski definition) is 1. The van der Waals surface area contributed by atoms with Crippen molar-refractivity contribution in [2.75, 3.05) is 6.54 Å². The standard InChI is InChI=1S/C17H32N2O/c1-3-13-19(15-9-7-14(18)8-10-15)16(20)17(4-2)11-5-6-12-17/h14-15H,3-13,18H2,1-2H3. The zero-order valence-electron chi connectivity index (χ0n) is 13.4. The van der Waals surface area contributed by atoms with E-state index in [1.54, 1.807) is 0 Å². The van der Waals surface area contributed by atoms with Crippen LogP contribution in [0.15, 0.2) is 0 Å². The van der Waals surface area contributed by atoms with Crippen LogP contribution in [0, 0.1) is 5.41 Å². The first kappa shape index (κ1) is 15.8. The van der Waals surface area contributed by atoms with E-state index in [9.17, 15) is 4.79 Å². The fraction of sp³-hybridized carbons (Fsp3) is 0.941. The van der Waals surface area contributed by atoms with E-state index < -0.39 is 0 Å². The number of nitrogens with two attached hydrogens (primary N) is 1. The first-order valence-corrected chi connectivity index (χ1v) is 8.69. The summed E-state index contributed by atoms with van der Waals surface area (Å²) in [6, 6.07) is 0.808. The number of rotatable bonds is 5. The quantitative estimate of drug-likeness (QED) is 0.838. The van der Waals surface area contributed by atoms with Crippen LogP contribution in [-0.4, -0.2) is 29.4 Å². The van der Waals surface area contributed by atoms with Crippen molar-refractivity contribution in [2.45, 2.75) is 90.1 Å². The normalized spacial score (nSPS) is 29.4. The van der Waals surface area contributed by atoms with Gasteiger partial charge in [0, 0.05) is 24.0 Å². The monoisotopic (exact) mass is 280 g/mol. The maximum Gasteiger partial charge on any atom is 0.229 e. The molecule has 0 saturated heterocycles. The Balaban J connectivity index is 2.09. The van der Waals surface area contributed by atoms with Crippen LogP contribution in [0.4, 0.5) is 0 Å². The number of nitrogens with zero attached hydrogens (tertiary/aromatic N) is 1. The highest BCUT2D eigenvalue weighted by atomic mass is 16.2. The SMILES string of the molecule is CCCN(C(=O)C1(CC)CCCC1)C1CCC(N)CC1. The third-order valence-corrected chi connectivity index (χ3v) is 5.60. The van der Waals surface area contributed by atoms with Crippen molar-refractivity contribution in [1.82, 2.24) is 4.90 Å². The highest BCUT2D eigenvalue weighted by Gasteiger charge is 2.43. The Hall–Kier alpha value is -0.570. The topological polar surface area (TPSA) is 46.3 Å². The van der Waals surface area contributed by atoms with Crippen LogP contribution in [0.25, 0.3) is 0 Å². The Morgan fingerprint density at radius 2 is 1.75 bits per heavy atom. The van der Waals surface area contributed by atoms with Gasteiger partial charge in [-0.05, 0) is 51.4 Å². The minimum absolute atomic E-state index is 0.0330. The van der Waals surface area contributed by atoms with Crippen LogP contribution in [0.3, 0.4) is 0 Å². The van der Waals surface area contributed by atoms with E-state index >= 15 is 0 Å². The molecule has 0 bridgehead atoms. The predicted octanol–water partition coefficient (Wildman–Crippen LogP) is 3.47. The van der Waals surface area contributed by atoms with Gasteiger partial charge in [0.2, 0.25) is 5.91 Å². The Bertz CT molecular complexity index is 315. The van der Waals surface area contributed by atoms with Gasteiger partial charge in [0.1, 0.15) is 0 Å². The smallest absolute Gasteiger partial charge is 0.229 e. The molecule has 0 aliphatic heterocycles. The van der Waals surface area contributed by atoms with Crippen LogP contribution in [0.5, 0.6) is 0 Å². The highest BCUT2D eigenvalue weighted by Crippen LogP contribution is 2.43. The van der Waals surface area contributed by atoms with Gasteiger partial charge in [-0.3, -0.25) is 4.79 Å². The molecular formula is C17H32N2O. The van der Waals surface area contributed by atoms with Gasteiger partial charge in [-0.2, -0.15) is 0 Å². The molecule has 3 heteroatoms. The van der Waals surface area contributed by atoms with Gasteiger partial charge in [0.25, 0.3) is 0 Å². The summed E-state index contributed by atoms with van der Waals surface area (Å²) in [5.41, 5.74) is 5.99. The van der Waals surface area contributed by atoms with Gasteiger partial charge >= 0.3 is 0 Å². The summed E-state index contributed by atoms with van der Waals surface area (Å²) in [7, 11) is 0. The molecule has 0 heterocycles. The summed E-state index contributed by atoms with van der Waals surface area (Å²) in [5, 5.41) is 0. The summed E-state index contributed by atoms with van der Waals surface area (Å²) in [6.07, 6.45) is 11.1. The van der Waals surface area contributed by atoms with Crippen LogP contribution in [0.2, 0.25) is 0 Å². The lowest BCUT2D eigenvalue weighted by atomic mass is 9.80. The van der Waals surface area contributed by atoms with Crippen molar-refractivity contribution in [2.24, 2.45) is 11.1 Å². The van der Waals surface area contributed by atoms with E-state index in [1.165, 1.54) is 12.8 Å². The van der Waals surface area contributed by atoms with Gasteiger partial charge < -0.3 is 10.6 Å². The lowest BCUT2D eigenvalue weighted by Crippen LogP contribution is -2.50. The Kier molecular flexibility index (Phi) is 5.48. The molecule has 1 amide bonds. The first-order chi connectivity index (χ1) is 9.63. The van der Waals surface area contributed by atoms with Gasteiger partial charge in [-0.15, -0.1) is 0 Å². The number of carbonyl (C=O) groups is 1. The van der Waals surface area contributed by atoms with Crippen molar-refractivity contribution in [3.8, 4) is 0 Å². The van der Waals surface area contributed by atoms with E-state index in [0.717, 1.165) is 57.9 Å². The zero-order chi connectivity index (χ0) is 14.6. The second kappa shape index (κ2) is 6.93. The molecule has 116 valence electrons. The van der Waals surface area contributed by atoms with Crippen molar-refractivity contribution in [3.63, 3.8) is 0 Å². The van der Waals surface area contributed by atoms with Gasteiger partial charge in [0.15, 0.2) is 0 Å². The molecule has 0 atom stereocenters. The lowest BCUT2D eigenvalue weighted by Gasteiger charge is -2.41. The third-order valence-electron chi connectivity index (χ3n) is 5.60. The Morgan fingerprint density at radius 1 is 1.15 bits per heavy atom. The third kappa shape index (κ3) is 3.19. The molecule has 2 aliphatic rings. The molecule has 3 nitrogen and oxygen atoms in total. The first-order valence-electron chi connectivity index (χ1n) is 8.69.